The third kappa shape index (κ3) is 2.03. The number of para-hydroxylation sites is 1. The zero-order valence-electron chi connectivity index (χ0n) is 7.20. The van der Waals surface area contributed by atoms with Crippen molar-refractivity contribution in [3.05, 3.63) is 42.6 Å². The third-order valence-corrected chi connectivity index (χ3v) is 1.70. The maximum Gasteiger partial charge on any atom is 0.0592 e. The topological polar surface area (TPSA) is 15.3 Å². The average Bonchev–Trinajstić information content (AvgIpc) is 2.58. The molecule has 2 rings (SSSR count). The molecular weight excluding hydrogens is 159 g/mol. The van der Waals surface area contributed by atoms with Crippen molar-refractivity contribution < 1.29 is 0 Å². The largest absolute Gasteiger partial charge is 0.306 e. The Hall–Kier alpha value is -0.440. The molecule has 0 spiro atoms. The molecular formula is C9H10N2Na. The van der Waals surface area contributed by atoms with Gasteiger partial charge >= 0.3 is 0 Å². The van der Waals surface area contributed by atoms with E-state index < -0.39 is 0 Å². The molecule has 0 bridgehead atoms. The van der Waals surface area contributed by atoms with Crippen molar-refractivity contribution >= 4 is 35.2 Å². The van der Waals surface area contributed by atoms with Crippen molar-refractivity contribution in [1.29, 1.82) is 0 Å². The van der Waals surface area contributed by atoms with Crippen molar-refractivity contribution in [2.45, 2.75) is 0 Å². The predicted molar refractivity (Wildman–Crippen MR) is 51.8 cm³/mol. The minimum atomic E-state index is 0. The Morgan fingerprint density at radius 3 is 2.50 bits per heavy atom. The van der Waals surface area contributed by atoms with Gasteiger partial charge in [-0.25, -0.2) is 0 Å². The van der Waals surface area contributed by atoms with Gasteiger partial charge in [-0.3, -0.25) is 5.01 Å². The number of hydrogen-bond donors (Lipinski definition) is 1. The summed E-state index contributed by atoms with van der Waals surface area (Å²) in [7, 11) is 0. The Labute approximate surface area is 94.5 Å². The van der Waals surface area contributed by atoms with Gasteiger partial charge in [-0.1, -0.05) is 18.2 Å². The molecule has 12 heavy (non-hydrogen) atoms. The van der Waals surface area contributed by atoms with E-state index in [4.69, 9.17) is 0 Å². The maximum atomic E-state index is 3.13. The normalized spacial score (nSPS) is 13.8. The zero-order valence-corrected chi connectivity index (χ0v) is 9.20. The number of nitrogens with one attached hydrogen (secondary N) is 1. The Bertz CT molecular complexity index is 250. The first-order valence-electron chi connectivity index (χ1n) is 3.70. The van der Waals surface area contributed by atoms with Crippen LogP contribution in [-0.2, 0) is 0 Å². The first kappa shape index (κ1) is 9.65. The van der Waals surface area contributed by atoms with E-state index in [1.807, 2.05) is 24.4 Å². The minimum Gasteiger partial charge on any atom is -0.306 e. The fourth-order valence-corrected chi connectivity index (χ4v) is 1.14. The minimum absolute atomic E-state index is 0. The van der Waals surface area contributed by atoms with Gasteiger partial charge in [0.25, 0.3) is 0 Å². The zero-order chi connectivity index (χ0) is 7.52. The van der Waals surface area contributed by atoms with Crippen LogP contribution < -0.4 is 10.4 Å². The van der Waals surface area contributed by atoms with Crippen LogP contribution in [0.4, 0.5) is 5.69 Å². The molecule has 0 atom stereocenters. The van der Waals surface area contributed by atoms with Crippen LogP contribution in [0.5, 0.6) is 0 Å². The molecule has 0 aromatic heterocycles. The number of hydrogen-bond acceptors (Lipinski definition) is 2. The van der Waals surface area contributed by atoms with E-state index in [2.05, 4.69) is 28.6 Å². The molecule has 0 saturated carbocycles. The molecule has 2 nitrogen and oxygen atoms in total. The Kier molecular flexibility index (Phi) is 3.66. The van der Waals surface area contributed by atoms with E-state index in [0.29, 0.717) is 0 Å². The second-order valence-electron chi connectivity index (χ2n) is 2.48. The van der Waals surface area contributed by atoms with Gasteiger partial charge in [-0.05, 0) is 18.2 Å². The van der Waals surface area contributed by atoms with Gasteiger partial charge in [-0.2, -0.15) is 0 Å². The second kappa shape index (κ2) is 4.55. The summed E-state index contributed by atoms with van der Waals surface area (Å²) in [6.45, 7) is 0.948. The molecule has 1 aromatic rings. The first-order chi connectivity index (χ1) is 5.47. The number of hydrazine groups is 1. The summed E-state index contributed by atoms with van der Waals surface area (Å²) in [5.74, 6) is 0. The predicted octanol–water partition coefficient (Wildman–Crippen LogP) is 1.14. The van der Waals surface area contributed by atoms with Crippen molar-refractivity contribution in [3.8, 4) is 0 Å². The fourth-order valence-electron chi connectivity index (χ4n) is 1.14. The van der Waals surface area contributed by atoms with Gasteiger partial charge in [0.05, 0.1) is 12.2 Å². The van der Waals surface area contributed by atoms with Crippen LogP contribution in [0.25, 0.3) is 0 Å². The van der Waals surface area contributed by atoms with Crippen LogP contribution in [0.1, 0.15) is 0 Å². The van der Waals surface area contributed by atoms with Gasteiger partial charge in [-0.15, -0.1) is 0 Å². The molecule has 1 aliphatic rings. The molecule has 57 valence electrons. The van der Waals surface area contributed by atoms with Crippen molar-refractivity contribution in [2.75, 3.05) is 11.6 Å². The third-order valence-electron chi connectivity index (χ3n) is 1.70. The summed E-state index contributed by atoms with van der Waals surface area (Å²) in [5, 5.41) is 2.08. The number of benzene rings is 1. The maximum absolute atomic E-state index is 3.13. The van der Waals surface area contributed by atoms with E-state index in [1.54, 1.807) is 0 Å². The van der Waals surface area contributed by atoms with Crippen molar-refractivity contribution in [2.24, 2.45) is 0 Å². The molecule has 1 N–H and O–H groups in total. The molecule has 0 amide bonds. The summed E-state index contributed by atoms with van der Waals surface area (Å²) >= 11 is 0. The average molecular weight is 169 g/mol. The summed E-state index contributed by atoms with van der Waals surface area (Å²) in [5.41, 5.74) is 4.33. The van der Waals surface area contributed by atoms with Gasteiger partial charge in [0.15, 0.2) is 0 Å². The number of rotatable bonds is 1. The van der Waals surface area contributed by atoms with Crippen LogP contribution in [0.15, 0.2) is 42.6 Å². The SMILES string of the molecule is C1=CNN(c2ccccc2)C1.[Na]. The molecule has 0 aliphatic carbocycles. The van der Waals surface area contributed by atoms with Gasteiger partial charge in [0.2, 0.25) is 0 Å². The van der Waals surface area contributed by atoms with Crippen LogP contribution in [0.2, 0.25) is 0 Å². The molecule has 3 heteroatoms. The van der Waals surface area contributed by atoms with Crippen LogP contribution in [-0.4, -0.2) is 36.1 Å². The van der Waals surface area contributed by atoms with E-state index >= 15 is 0 Å². The van der Waals surface area contributed by atoms with Crippen molar-refractivity contribution in [3.63, 3.8) is 0 Å². The molecule has 1 radical (unpaired) electrons. The Morgan fingerprint density at radius 1 is 1.17 bits per heavy atom. The monoisotopic (exact) mass is 169 g/mol. The van der Waals surface area contributed by atoms with E-state index in [-0.39, 0.29) is 29.6 Å². The standard InChI is InChI=1S/C9H10N2.Na/c1-2-5-9(6-3-1)11-8-4-7-10-11;/h1-7,10H,8H2;. The summed E-state index contributed by atoms with van der Waals surface area (Å²) in [4.78, 5) is 0. The van der Waals surface area contributed by atoms with E-state index in [0.717, 1.165) is 6.54 Å². The van der Waals surface area contributed by atoms with Crippen LogP contribution in [0.3, 0.4) is 0 Å². The molecule has 0 fully saturated rings. The van der Waals surface area contributed by atoms with E-state index in [1.165, 1.54) is 5.69 Å². The second-order valence-corrected chi connectivity index (χ2v) is 2.48. The Morgan fingerprint density at radius 2 is 1.92 bits per heavy atom. The summed E-state index contributed by atoms with van der Waals surface area (Å²) in [6.07, 6.45) is 4.04. The summed E-state index contributed by atoms with van der Waals surface area (Å²) in [6, 6.07) is 10.3. The Balaban J connectivity index is 0.000000720. The first-order valence-corrected chi connectivity index (χ1v) is 3.70. The molecule has 1 aromatic carbocycles. The van der Waals surface area contributed by atoms with Crippen LogP contribution in [0, 0.1) is 0 Å². The summed E-state index contributed by atoms with van der Waals surface area (Å²) < 4.78 is 0. The van der Waals surface area contributed by atoms with Gasteiger partial charge in [0.1, 0.15) is 0 Å². The van der Waals surface area contributed by atoms with Crippen molar-refractivity contribution in [1.82, 2.24) is 5.43 Å². The molecule has 1 heterocycles. The number of nitrogens with zero attached hydrogens (tertiary/aromatic N) is 1. The number of anilines is 1. The quantitative estimate of drug-likeness (QED) is 0.634. The molecule has 1 aliphatic heterocycles. The molecule has 0 unspecified atom stereocenters. The van der Waals surface area contributed by atoms with E-state index in [9.17, 15) is 0 Å². The smallest absolute Gasteiger partial charge is 0.0592 e. The van der Waals surface area contributed by atoms with Gasteiger partial charge < -0.3 is 5.43 Å². The molecule has 0 saturated heterocycles. The fraction of sp³-hybridized carbons (Fsp3) is 0.111. The van der Waals surface area contributed by atoms with Crippen LogP contribution >= 0.6 is 0 Å². The van der Waals surface area contributed by atoms with Gasteiger partial charge in [0, 0.05) is 35.8 Å².